The van der Waals surface area contributed by atoms with Gasteiger partial charge in [-0.2, -0.15) is 5.10 Å². The van der Waals surface area contributed by atoms with Crippen molar-refractivity contribution in [2.75, 3.05) is 0 Å². The van der Waals surface area contributed by atoms with Gasteiger partial charge in [0.1, 0.15) is 5.69 Å². The first-order valence-electron chi connectivity index (χ1n) is 3.49. The largest absolute Gasteiger partial charge is 0.157 e. The molecule has 2 heterocycles. The first-order chi connectivity index (χ1) is 6.25. The van der Waals surface area contributed by atoms with Gasteiger partial charge in [-0.3, -0.25) is 0 Å². The van der Waals surface area contributed by atoms with Crippen LogP contribution in [0.4, 0.5) is 0 Å². The van der Waals surface area contributed by atoms with Crippen molar-refractivity contribution in [2.24, 2.45) is 0 Å². The van der Waals surface area contributed by atoms with E-state index in [2.05, 4.69) is 10.2 Å². The van der Waals surface area contributed by atoms with Crippen molar-refractivity contribution < 1.29 is 0 Å². The van der Waals surface area contributed by atoms with Gasteiger partial charge in [-0.1, -0.05) is 23.2 Å². The lowest BCUT2D eigenvalue weighted by molar-refractivity contribution is 1.04. The molecule has 2 aromatic heterocycles. The molecule has 66 valence electrons. The summed E-state index contributed by atoms with van der Waals surface area (Å²) < 4.78 is 0.733. The third-order valence-electron chi connectivity index (χ3n) is 1.45. The Morgan fingerprint density at radius 1 is 1.23 bits per heavy atom. The van der Waals surface area contributed by atoms with Gasteiger partial charge in [-0.15, -0.1) is 16.4 Å². The van der Waals surface area contributed by atoms with E-state index in [1.165, 1.54) is 17.5 Å². The average molecular weight is 231 g/mol. The predicted molar refractivity (Wildman–Crippen MR) is 55.4 cm³/mol. The van der Waals surface area contributed by atoms with Gasteiger partial charge in [0.25, 0.3) is 0 Å². The Morgan fingerprint density at radius 2 is 2.08 bits per heavy atom. The van der Waals surface area contributed by atoms with Crippen LogP contribution in [0.1, 0.15) is 0 Å². The average Bonchev–Trinajstić information content (AvgIpc) is 2.52. The molecule has 0 saturated heterocycles. The second-order valence-corrected chi connectivity index (χ2v) is 4.51. The first-order valence-corrected chi connectivity index (χ1v) is 5.07. The Kier molecular flexibility index (Phi) is 2.49. The summed E-state index contributed by atoms with van der Waals surface area (Å²) in [6.45, 7) is 0. The molecule has 2 aromatic rings. The van der Waals surface area contributed by atoms with Crippen molar-refractivity contribution in [3.63, 3.8) is 0 Å². The molecule has 0 aromatic carbocycles. The summed E-state index contributed by atoms with van der Waals surface area (Å²) >= 11 is 13.0. The van der Waals surface area contributed by atoms with Crippen LogP contribution >= 0.6 is 34.5 Å². The molecule has 0 N–H and O–H groups in total. The topological polar surface area (TPSA) is 25.8 Å². The van der Waals surface area contributed by atoms with Crippen LogP contribution in [-0.2, 0) is 0 Å². The maximum Gasteiger partial charge on any atom is 0.104 e. The summed E-state index contributed by atoms with van der Waals surface area (Å²) in [7, 11) is 0. The summed E-state index contributed by atoms with van der Waals surface area (Å²) in [6, 6.07) is 5.48. The van der Waals surface area contributed by atoms with E-state index in [-0.39, 0.29) is 0 Å². The molecule has 0 bridgehead atoms. The minimum absolute atomic E-state index is 0.578. The van der Waals surface area contributed by atoms with Gasteiger partial charge in [0.2, 0.25) is 0 Å². The molecular formula is C8H4Cl2N2S. The SMILES string of the molecule is Clc1cnnc(-c2ccc(Cl)s2)c1. The molecule has 0 aliphatic rings. The number of nitrogens with zero attached hydrogens (tertiary/aromatic N) is 2. The molecule has 0 spiro atoms. The zero-order valence-electron chi connectivity index (χ0n) is 6.37. The third-order valence-corrected chi connectivity index (χ3v) is 2.91. The Balaban J connectivity index is 2.46. The van der Waals surface area contributed by atoms with E-state index in [0.717, 1.165) is 14.9 Å². The standard InChI is InChI=1S/C8H4Cl2N2S/c9-5-3-6(12-11-4-5)7-1-2-8(10)13-7/h1-4H. The fraction of sp³-hybridized carbons (Fsp3) is 0. The van der Waals surface area contributed by atoms with Crippen LogP contribution in [0.25, 0.3) is 10.6 Å². The summed E-state index contributed by atoms with van der Waals surface area (Å²) in [4.78, 5) is 0.972. The number of rotatable bonds is 1. The third kappa shape index (κ3) is 1.99. The van der Waals surface area contributed by atoms with Gasteiger partial charge in [0.05, 0.1) is 20.4 Å². The van der Waals surface area contributed by atoms with Gasteiger partial charge in [0, 0.05) is 0 Å². The van der Waals surface area contributed by atoms with Crippen LogP contribution in [0.15, 0.2) is 24.4 Å². The molecule has 13 heavy (non-hydrogen) atoms. The van der Waals surface area contributed by atoms with E-state index in [9.17, 15) is 0 Å². The van der Waals surface area contributed by atoms with Crippen LogP contribution in [0.2, 0.25) is 9.36 Å². The minimum atomic E-state index is 0.578. The molecule has 0 amide bonds. The second-order valence-electron chi connectivity index (χ2n) is 2.36. The number of halogens is 2. The Bertz CT molecular complexity index is 428. The number of hydrogen-bond acceptors (Lipinski definition) is 3. The van der Waals surface area contributed by atoms with E-state index >= 15 is 0 Å². The molecule has 5 heteroatoms. The Hall–Kier alpha value is -0.640. The molecule has 0 atom stereocenters. The zero-order chi connectivity index (χ0) is 9.26. The Labute approximate surface area is 89.1 Å². The fourth-order valence-corrected chi connectivity index (χ4v) is 2.06. The lowest BCUT2D eigenvalue weighted by atomic mass is 10.3. The van der Waals surface area contributed by atoms with E-state index in [1.54, 1.807) is 6.07 Å². The molecule has 0 radical (unpaired) electrons. The molecular weight excluding hydrogens is 227 g/mol. The van der Waals surface area contributed by atoms with Crippen molar-refractivity contribution in [3.05, 3.63) is 33.8 Å². The highest BCUT2D eigenvalue weighted by atomic mass is 35.5. The zero-order valence-corrected chi connectivity index (χ0v) is 8.70. The van der Waals surface area contributed by atoms with Crippen LogP contribution < -0.4 is 0 Å². The van der Waals surface area contributed by atoms with Crippen LogP contribution in [-0.4, -0.2) is 10.2 Å². The lowest BCUT2D eigenvalue weighted by Crippen LogP contribution is -1.83. The summed E-state index contributed by atoms with van der Waals surface area (Å²) in [5, 5.41) is 8.27. The molecule has 0 aliphatic carbocycles. The fourth-order valence-electron chi connectivity index (χ4n) is 0.915. The van der Waals surface area contributed by atoms with Crippen LogP contribution in [0, 0.1) is 0 Å². The van der Waals surface area contributed by atoms with E-state index in [4.69, 9.17) is 23.2 Å². The van der Waals surface area contributed by atoms with Crippen molar-refractivity contribution in [1.29, 1.82) is 0 Å². The van der Waals surface area contributed by atoms with Gasteiger partial charge in [0.15, 0.2) is 0 Å². The minimum Gasteiger partial charge on any atom is -0.157 e. The molecule has 0 unspecified atom stereocenters. The normalized spacial score (nSPS) is 10.3. The van der Waals surface area contributed by atoms with Crippen molar-refractivity contribution in [2.45, 2.75) is 0 Å². The predicted octanol–water partition coefficient (Wildman–Crippen LogP) is 3.51. The first kappa shape index (κ1) is 8.94. The monoisotopic (exact) mass is 230 g/mol. The highest BCUT2D eigenvalue weighted by Crippen LogP contribution is 2.30. The van der Waals surface area contributed by atoms with Crippen molar-refractivity contribution in [3.8, 4) is 10.6 Å². The number of thiophene rings is 1. The summed E-state index contributed by atoms with van der Waals surface area (Å²) in [5.41, 5.74) is 0.754. The Morgan fingerprint density at radius 3 is 2.69 bits per heavy atom. The van der Waals surface area contributed by atoms with Crippen molar-refractivity contribution in [1.82, 2.24) is 10.2 Å². The van der Waals surface area contributed by atoms with E-state index in [0.29, 0.717) is 5.02 Å². The molecule has 0 aliphatic heterocycles. The van der Waals surface area contributed by atoms with Gasteiger partial charge >= 0.3 is 0 Å². The molecule has 2 nitrogen and oxygen atoms in total. The summed E-state index contributed by atoms with van der Waals surface area (Å²) in [5.74, 6) is 0. The van der Waals surface area contributed by atoms with E-state index in [1.807, 2.05) is 12.1 Å². The molecule has 2 rings (SSSR count). The van der Waals surface area contributed by atoms with Gasteiger partial charge in [-0.25, -0.2) is 0 Å². The quantitative estimate of drug-likeness (QED) is 0.750. The highest BCUT2D eigenvalue weighted by molar-refractivity contribution is 7.19. The lowest BCUT2D eigenvalue weighted by Gasteiger charge is -1.93. The maximum atomic E-state index is 5.79. The van der Waals surface area contributed by atoms with Gasteiger partial charge < -0.3 is 0 Å². The van der Waals surface area contributed by atoms with Crippen molar-refractivity contribution >= 4 is 34.5 Å². The molecule has 0 fully saturated rings. The number of aromatic nitrogens is 2. The smallest absolute Gasteiger partial charge is 0.104 e. The summed E-state index contributed by atoms with van der Waals surface area (Å²) in [6.07, 6.45) is 1.50. The van der Waals surface area contributed by atoms with Crippen LogP contribution in [0.5, 0.6) is 0 Å². The second kappa shape index (κ2) is 3.62. The van der Waals surface area contributed by atoms with Gasteiger partial charge in [-0.05, 0) is 18.2 Å². The molecule has 0 saturated carbocycles. The van der Waals surface area contributed by atoms with Crippen LogP contribution in [0.3, 0.4) is 0 Å². The highest BCUT2D eigenvalue weighted by Gasteiger charge is 2.03. The van der Waals surface area contributed by atoms with E-state index < -0.39 is 0 Å². The number of hydrogen-bond donors (Lipinski definition) is 0. The maximum absolute atomic E-state index is 5.79.